The normalized spacial score (nSPS) is 17.1. The summed E-state index contributed by atoms with van der Waals surface area (Å²) in [6.45, 7) is 2.28. The molecule has 122 valence electrons. The van der Waals surface area contributed by atoms with Gasteiger partial charge in [-0.15, -0.1) is 0 Å². The average molecular weight is 326 g/mol. The summed E-state index contributed by atoms with van der Waals surface area (Å²) in [5.41, 5.74) is 2.80. The van der Waals surface area contributed by atoms with E-state index in [1.54, 1.807) is 6.07 Å². The Morgan fingerprint density at radius 3 is 2.56 bits per heavy atom. The Bertz CT molecular complexity index is 1170. The predicted octanol–water partition coefficient (Wildman–Crippen LogP) is 6.88. The van der Waals surface area contributed by atoms with E-state index in [0.717, 1.165) is 22.6 Å². The predicted molar refractivity (Wildman–Crippen MR) is 105 cm³/mol. The number of aryl methyl sites for hydroxylation is 1. The van der Waals surface area contributed by atoms with Gasteiger partial charge in [0.05, 0.1) is 0 Å². The summed E-state index contributed by atoms with van der Waals surface area (Å²) in [6, 6.07) is 18.2. The van der Waals surface area contributed by atoms with Crippen LogP contribution in [0.5, 0.6) is 0 Å². The van der Waals surface area contributed by atoms with Crippen LogP contribution in [0.4, 0.5) is 4.39 Å². The Morgan fingerprint density at radius 2 is 1.64 bits per heavy atom. The lowest BCUT2D eigenvalue weighted by atomic mass is 9.92. The molecule has 0 nitrogen and oxygen atoms in total. The van der Waals surface area contributed by atoms with Gasteiger partial charge in [0.15, 0.2) is 0 Å². The summed E-state index contributed by atoms with van der Waals surface area (Å²) in [5.74, 6) is 0.443. The summed E-state index contributed by atoms with van der Waals surface area (Å²) in [5, 5.41) is 7.04. The van der Waals surface area contributed by atoms with Crippen LogP contribution < -0.4 is 0 Å². The summed E-state index contributed by atoms with van der Waals surface area (Å²) in [7, 11) is 0. The molecule has 0 saturated heterocycles. The lowest BCUT2D eigenvalue weighted by Crippen LogP contribution is -1.92. The molecule has 1 heteroatoms. The molecular weight excluding hydrogens is 307 g/mol. The minimum absolute atomic E-state index is 0.183. The Labute approximate surface area is 146 Å². The van der Waals surface area contributed by atoms with Crippen molar-refractivity contribution >= 4 is 38.4 Å². The van der Waals surface area contributed by atoms with E-state index in [2.05, 4.69) is 55.5 Å². The van der Waals surface area contributed by atoms with Gasteiger partial charge in [-0.05, 0) is 86.5 Å². The molecule has 25 heavy (non-hydrogen) atoms. The monoisotopic (exact) mass is 326 g/mol. The molecule has 0 bridgehead atoms. The third kappa shape index (κ3) is 2.34. The Hall–Kier alpha value is -2.67. The molecule has 1 atom stereocenters. The molecule has 0 amide bonds. The van der Waals surface area contributed by atoms with Crippen LogP contribution in [0.15, 0.2) is 60.7 Å². The summed E-state index contributed by atoms with van der Waals surface area (Å²) < 4.78 is 13.5. The Morgan fingerprint density at radius 1 is 0.800 bits per heavy atom. The van der Waals surface area contributed by atoms with Crippen molar-refractivity contribution < 1.29 is 4.39 Å². The number of rotatable bonds is 0. The number of hydrogen-bond donors (Lipinski definition) is 0. The van der Waals surface area contributed by atoms with Crippen LogP contribution in [0.2, 0.25) is 0 Å². The molecule has 0 aliphatic heterocycles. The molecule has 0 spiro atoms. The van der Waals surface area contributed by atoms with E-state index >= 15 is 0 Å². The highest BCUT2D eigenvalue weighted by Gasteiger charge is 2.12. The molecule has 1 unspecified atom stereocenters. The van der Waals surface area contributed by atoms with Crippen LogP contribution in [0.25, 0.3) is 38.4 Å². The third-order valence-electron chi connectivity index (χ3n) is 5.53. The SMILES string of the molecule is CC1C=Cc2c(ccc3c2ccc2cc4cc(F)ccc4cc23)CC1. The molecule has 1 aliphatic rings. The van der Waals surface area contributed by atoms with Gasteiger partial charge in [0.1, 0.15) is 5.82 Å². The van der Waals surface area contributed by atoms with E-state index in [4.69, 9.17) is 0 Å². The molecule has 0 saturated carbocycles. The van der Waals surface area contributed by atoms with Crippen molar-refractivity contribution in [3.63, 3.8) is 0 Å². The standard InChI is InChI=1S/C24H19F/c1-15-2-4-16-6-10-23-22(21(16)9-3-15)11-7-18-12-19-13-20(25)8-5-17(19)14-24(18)23/h3,5-15H,2,4H2,1H3. The molecule has 1 aliphatic carbocycles. The zero-order chi connectivity index (χ0) is 17.0. The van der Waals surface area contributed by atoms with Crippen molar-refractivity contribution in [1.82, 2.24) is 0 Å². The molecule has 0 N–H and O–H groups in total. The van der Waals surface area contributed by atoms with Crippen LogP contribution in [-0.4, -0.2) is 0 Å². The van der Waals surface area contributed by atoms with Crippen molar-refractivity contribution in [2.75, 3.05) is 0 Å². The molecule has 0 aromatic heterocycles. The second-order valence-electron chi connectivity index (χ2n) is 7.24. The zero-order valence-electron chi connectivity index (χ0n) is 14.2. The fourth-order valence-electron chi connectivity index (χ4n) is 4.08. The fourth-order valence-corrected chi connectivity index (χ4v) is 4.08. The molecule has 0 radical (unpaired) electrons. The molecule has 4 aromatic rings. The number of hydrogen-bond acceptors (Lipinski definition) is 0. The van der Waals surface area contributed by atoms with E-state index in [1.807, 2.05) is 6.07 Å². The van der Waals surface area contributed by atoms with Gasteiger partial charge in [0.25, 0.3) is 0 Å². The van der Waals surface area contributed by atoms with Crippen LogP contribution in [-0.2, 0) is 6.42 Å². The first kappa shape index (κ1) is 14.7. The summed E-state index contributed by atoms with van der Waals surface area (Å²) >= 11 is 0. The van der Waals surface area contributed by atoms with Gasteiger partial charge < -0.3 is 0 Å². The van der Waals surface area contributed by atoms with Gasteiger partial charge in [0, 0.05) is 0 Å². The second kappa shape index (κ2) is 5.42. The van der Waals surface area contributed by atoms with Crippen molar-refractivity contribution in [2.24, 2.45) is 5.92 Å². The first-order chi connectivity index (χ1) is 12.2. The summed E-state index contributed by atoms with van der Waals surface area (Å²) in [4.78, 5) is 0. The number of fused-ring (bicyclic) bond motifs is 6. The van der Waals surface area contributed by atoms with Crippen LogP contribution in [0.3, 0.4) is 0 Å². The zero-order valence-corrected chi connectivity index (χ0v) is 14.2. The maximum atomic E-state index is 13.5. The van der Waals surface area contributed by atoms with Gasteiger partial charge >= 0.3 is 0 Å². The van der Waals surface area contributed by atoms with Crippen molar-refractivity contribution in [3.05, 3.63) is 77.6 Å². The third-order valence-corrected chi connectivity index (χ3v) is 5.53. The van der Waals surface area contributed by atoms with Gasteiger partial charge in [-0.1, -0.05) is 49.4 Å². The van der Waals surface area contributed by atoms with Crippen LogP contribution in [0.1, 0.15) is 24.5 Å². The minimum Gasteiger partial charge on any atom is -0.207 e. The number of halogens is 1. The second-order valence-corrected chi connectivity index (χ2v) is 7.24. The van der Waals surface area contributed by atoms with Gasteiger partial charge in [0.2, 0.25) is 0 Å². The molecule has 0 fully saturated rings. The highest BCUT2D eigenvalue weighted by Crippen LogP contribution is 2.35. The molecule has 4 aromatic carbocycles. The molecule has 0 heterocycles. The molecule has 5 rings (SSSR count). The quantitative estimate of drug-likeness (QED) is 0.244. The lowest BCUT2D eigenvalue weighted by molar-refractivity contribution is 0.630. The number of allylic oxidation sites excluding steroid dienone is 1. The lowest BCUT2D eigenvalue weighted by Gasteiger charge is -2.12. The van der Waals surface area contributed by atoms with E-state index in [0.29, 0.717) is 5.92 Å². The number of benzene rings is 4. The first-order valence-corrected chi connectivity index (χ1v) is 8.95. The topological polar surface area (TPSA) is 0 Å². The average Bonchev–Trinajstić information content (AvgIpc) is 2.81. The van der Waals surface area contributed by atoms with Crippen molar-refractivity contribution in [1.29, 1.82) is 0 Å². The summed E-state index contributed by atoms with van der Waals surface area (Å²) in [6.07, 6.45) is 6.98. The van der Waals surface area contributed by atoms with Gasteiger partial charge in [-0.3, -0.25) is 0 Å². The molecular formula is C24H19F. The van der Waals surface area contributed by atoms with Crippen LogP contribution in [0, 0.1) is 11.7 Å². The highest BCUT2D eigenvalue weighted by molar-refractivity contribution is 6.14. The Kier molecular flexibility index (Phi) is 3.18. The maximum absolute atomic E-state index is 13.5. The van der Waals surface area contributed by atoms with Crippen LogP contribution >= 0.6 is 0 Å². The van der Waals surface area contributed by atoms with Crippen molar-refractivity contribution in [3.8, 4) is 0 Å². The first-order valence-electron chi connectivity index (χ1n) is 8.95. The van der Waals surface area contributed by atoms with E-state index < -0.39 is 0 Å². The fraction of sp³-hybridized carbons (Fsp3) is 0.167. The highest BCUT2D eigenvalue weighted by atomic mass is 19.1. The Balaban J connectivity index is 1.86. The minimum atomic E-state index is -0.183. The maximum Gasteiger partial charge on any atom is 0.123 e. The largest absolute Gasteiger partial charge is 0.207 e. The van der Waals surface area contributed by atoms with E-state index in [-0.39, 0.29) is 5.82 Å². The van der Waals surface area contributed by atoms with E-state index in [9.17, 15) is 4.39 Å². The van der Waals surface area contributed by atoms with E-state index in [1.165, 1.54) is 39.8 Å². The van der Waals surface area contributed by atoms with Gasteiger partial charge in [-0.2, -0.15) is 0 Å². The smallest absolute Gasteiger partial charge is 0.123 e. The van der Waals surface area contributed by atoms with Gasteiger partial charge in [-0.25, -0.2) is 4.39 Å². The van der Waals surface area contributed by atoms with Crippen molar-refractivity contribution in [2.45, 2.75) is 19.8 Å².